The molecule has 1 heterocycles. The topological polar surface area (TPSA) is 77.4 Å². The largest absolute Gasteiger partial charge is 0.460 e. The van der Waals surface area contributed by atoms with Gasteiger partial charge in [0.25, 0.3) is 0 Å². The van der Waals surface area contributed by atoms with Crippen molar-refractivity contribution in [2.75, 3.05) is 38.8 Å². The van der Waals surface area contributed by atoms with Gasteiger partial charge in [0.2, 0.25) is 0 Å². The van der Waals surface area contributed by atoms with Gasteiger partial charge in [-0.25, -0.2) is 9.59 Å². The molecule has 0 saturated carbocycles. The van der Waals surface area contributed by atoms with Crippen LogP contribution < -0.4 is 4.90 Å². The molecular formula is C29H32N2O5. The highest BCUT2D eigenvalue weighted by Crippen LogP contribution is 2.22. The lowest BCUT2D eigenvalue weighted by Gasteiger charge is -2.13. The molecule has 2 aromatic carbocycles. The van der Waals surface area contributed by atoms with Crippen molar-refractivity contribution in [3.05, 3.63) is 94.1 Å². The van der Waals surface area contributed by atoms with Crippen LogP contribution in [0.2, 0.25) is 0 Å². The van der Waals surface area contributed by atoms with Crippen molar-refractivity contribution in [3.8, 4) is 0 Å². The summed E-state index contributed by atoms with van der Waals surface area (Å²) in [5.41, 5.74) is 5.92. The predicted molar refractivity (Wildman–Crippen MR) is 142 cm³/mol. The number of rotatable bonds is 10. The zero-order valence-electron chi connectivity index (χ0n) is 21.4. The Morgan fingerprint density at radius 2 is 1.86 bits per heavy atom. The van der Waals surface area contributed by atoms with E-state index >= 15 is 0 Å². The molecule has 0 amide bonds. The van der Waals surface area contributed by atoms with Crippen molar-refractivity contribution in [2.45, 2.75) is 20.8 Å². The minimum Gasteiger partial charge on any atom is -0.460 e. The van der Waals surface area contributed by atoms with Crippen LogP contribution in [0.15, 0.2) is 71.4 Å². The second-order valence-corrected chi connectivity index (χ2v) is 8.50. The molecule has 0 bridgehead atoms. The van der Waals surface area contributed by atoms with Crippen LogP contribution in [-0.2, 0) is 19.1 Å². The highest BCUT2D eigenvalue weighted by molar-refractivity contribution is 6.29. The minimum atomic E-state index is -0.545. The molecular weight excluding hydrogens is 456 g/mol. The Balaban J connectivity index is 1.74. The van der Waals surface area contributed by atoms with E-state index in [9.17, 15) is 9.59 Å². The third kappa shape index (κ3) is 7.02. The van der Waals surface area contributed by atoms with Crippen LogP contribution in [0.3, 0.4) is 0 Å². The van der Waals surface area contributed by atoms with E-state index in [2.05, 4.69) is 35.2 Å². The number of carbonyl (C=O) groups is 2. The van der Waals surface area contributed by atoms with Gasteiger partial charge in [-0.3, -0.25) is 0 Å². The number of carbonyl (C=O) groups excluding carboxylic acids is 2. The predicted octanol–water partition coefficient (Wildman–Crippen LogP) is 5.02. The van der Waals surface area contributed by atoms with Gasteiger partial charge in [-0.2, -0.15) is 0 Å². The van der Waals surface area contributed by atoms with Crippen molar-refractivity contribution >= 4 is 29.4 Å². The Kier molecular flexibility index (Phi) is 9.36. The maximum Gasteiger partial charge on any atom is 0.368 e. The number of hydrogen-bond donors (Lipinski definition) is 0. The Morgan fingerprint density at radius 3 is 2.58 bits per heavy atom. The zero-order chi connectivity index (χ0) is 26.1. The fraction of sp³-hybridized carbons (Fsp3) is 0.276. The van der Waals surface area contributed by atoms with Crippen LogP contribution in [0.1, 0.15) is 39.5 Å². The SMILES string of the molecule is CCOCCOC(=O)c1cc(C)cc(C2=NOC(=O)C2=C/C=C\C=C/c2ccc(N(C)C)cc2C)c1. The molecule has 0 saturated heterocycles. The first-order valence-corrected chi connectivity index (χ1v) is 11.8. The van der Waals surface area contributed by atoms with Crippen molar-refractivity contribution in [1.29, 1.82) is 0 Å². The lowest BCUT2D eigenvalue weighted by atomic mass is 9.98. The number of oxime groups is 1. The summed E-state index contributed by atoms with van der Waals surface area (Å²) >= 11 is 0. The normalized spacial score (nSPS) is 14.5. The summed E-state index contributed by atoms with van der Waals surface area (Å²) in [6.07, 6.45) is 9.18. The molecule has 0 unspecified atom stereocenters. The molecule has 7 nitrogen and oxygen atoms in total. The minimum absolute atomic E-state index is 0.168. The van der Waals surface area contributed by atoms with E-state index in [0.717, 1.165) is 16.8 Å². The number of anilines is 1. The summed E-state index contributed by atoms with van der Waals surface area (Å²) in [7, 11) is 4.03. The summed E-state index contributed by atoms with van der Waals surface area (Å²) < 4.78 is 10.5. The summed E-state index contributed by atoms with van der Waals surface area (Å²) in [6, 6.07) is 11.5. The van der Waals surface area contributed by atoms with Crippen LogP contribution in [0, 0.1) is 13.8 Å². The molecule has 1 aliphatic rings. The second-order valence-electron chi connectivity index (χ2n) is 8.50. The van der Waals surface area contributed by atoms with Crippen LogP contribution in [-0.4, -0.2) is 51.6 Å². The molecule has 0 aliphatic carbocycles. The van der Waals surface area contributed by atoms with Gasteiger partial charge in [0.05, 0.1) is 17.7 Å². The van der Waals surface area contributed by atoms with Crippen LogP contribution >= 0.6 is 0 Å². The number of benzene rings is 2. The summed E-state index contributed by atoms with van der Waals surface area (Å²) in [5, 5.41) is 3.95. The maximum absolute atomic E-state index is 12.5. The Hall–Kier alpha value is -3.97. The van der Waals surface area contributed by atoms with E-state index in [1.54, 1.807) is 24.3 Å². The van der Waals surface area contributed by atoms with E-state index in [1.165, 1.54) is 5.56 Å². The number of hydrogen-bond acceptors (Lipinski definition) is 7. The third-order valence-corrected chi connectivity index (χ3v) is 5.48. The molecule has 0 atom stereocenters. The van der Waals surface area contributed by atoms with Gasteiger partial charge in [-0.15, -0.1) is 0 Å². The maximum atomic E-state index is 12.5. The third-order valence-electron chi connectivity index (χ3n) is 5.48. The highest BCUT2D eigenvalue weighted by atomic mass is 16.7. The molecule has 1 aliphatic heterocycles. The van der Waals surface area contributed by atoms with Gasteiger partial charge in [0, 0.05) is 32.0 Å². The Bertz CT molecular complexity index is 1240. The second kappa shape index (κ2) is 12.7. The van der Waals surface area contributed by atoms with Gasteiger partial charge in [-0.1, -0.05) is 35.5 Å². The number of nitrogens with zero attached hydrogens (tertiary/aromatic N) is 2. The van der Waals surface area contributed by atoms with E-state index in [-0.39, 0.29) is 6.61 Å². The fourth-order valence-electron chi connectivity index (χ4n) is 3.60. The first-order chi connectivity index (χ1) is 17.3. The van der Waals surface area contributed by atoms with Gasteiger partial charge >= 0.3 is 11.9 Å². The van der Waals surface area contributed by atoms with E-state index in [4.69, 9.17) is 14.3 Å². The quantitative estimate of drug-likeness (QED) is 0.154. The van der Waals surface area contributed by atoms with Crippen molar-refractivity contribution in [2.24, 2.45) is 5.16 Å². The monoisotopic (exact) mass is 488 g/mol. The van der Waals surface area contributed by atoms with Gasteiger partial charge in [0.1, 0.15) is 12.3 Å². The molecule has 0 fully saturated rings. The number of esters is 1. The zero-order valence-corrected chi connectivity index (χ0v) is 21.4. The molecule has 0 spiro atoms. The Morgan fingerprint density at radius 1 is 1.06 bits per heavy atom. The van der Waals surface area contributed by atoms with Crippen LogP contribution in [0.5, 0.6) is 0 Å². The van der Waals surface area contributed by atoms with Gasteiger partial charge in [-0.05, 0) is 73.9 Å². The van der Waals surface area contributed by atoms with Crippen LogP contribution in [0.25, 0.3) is 6.08 Å². The fourth-order valence-corrected chi connectivity index (χ4v) is 3.60. The molecule has 0 aromatic heterocycles. The van der Waals surface area contributed by atoms with Crippen molar-refractivity contribution < 1.29 is 23.9 Å². The smallest absolute Gasteiger partial charge is 0.368 e. The number of aryl methyl sites for hydroxylation is 2. The molecule has 0 radical (unpaired) electrons. The average molecular weight is 489 g/mol. The standard InChI is InChI=1S/C29H32N2O5/c1-6-34-14-15-35-28(32)24-17-20(2)16-23(19-24)27-26(29(33)36-30-27)11-9-7-8-10-22-12-13-25(31(4)5)18-21(22)3/h7-13,16-19H,6,14-15H2,1-5H3/b9-7-,10-8-,26-11?. The number of ether oxygens (including phenoxy) is 2. The van der Waals surface area contributed by atoms with Gasteiger partial charge < -0.3 is 19.2 Å². The van der Waals surface area contributed by atoms with Crippen molar-refractivity contribution in [1.82, 2.24) is 0 Å². The molecule has 0 N–H and O–H groups in total. The highest BCUT2D eigenvalue weighted by Gasteiger charge is 2.27. The molecule has 7 heteroatoms. The molecule has 188 valence electrons. The Labute approximate surface area is 212 Å². The first kappa shape index (κ1) is 26.6. The van der Waals surface area contributed by atoms with E-state index in [1.807, 2.05) is 52.2 Å². The summed E-state index contributed by atoms with van der Waals surface area (Å²) in [6.45, 7) is 6.87. The summed E-state index contributed by atoms with van der Waals surface area (Å²) in [5.74, 6) is -1.01. The van der Waals surface area contributed by atoms with E-state index in [0.29, 0.717) is 35.6 Å². The lowest BCUT2D eigenvalue weighted by Crippen LogP contribution is -2.13. The van der Waals surface area contributed by atoms with Gasteiger partial charge in [0.15, 0.2) is 0 Å². The molecule has 3 rings (SSSR count). The lowest BCUT2D eigenvalue weighted by molar-refractivity contribution is -0.136. The number of allylic oxidation sites excluding steroid dienone is 4. The molecule has 36 heavy (non-hydrogen) atoms. The van der Waals surface area contributed by atoms with E-state index < -0.39 is 11.9 Å². The first-order valence-electron chi connectivity index (χ1n) is 11.8. The average Bonchev–Trinajstić information content (AvgIpc) is 3.22. The summed E-state index contributed by atoms with van der Waals surface area (Å²) in [4.78, 5) is 31.8. The molecule has 2 aromatic rings. The van der Waals surface area contributed by atoms with Crippen LogP contribution in [0.4, 0.5) is 5.69 Å². The van der Waals surface area contributed by atoms with Crippen molar-refractivity contribution in [3.63, 3.8) is 0 Å².